The summed E-state index contributed by atoms with van der Waals surface area (Å²) >= 11 is 0. The minimum absolute atomic E-state index is 0.0563. The Morgan fingerprint density at radius 3 is 1.43 bits per heavy atom. The molecule has 0 saturated heterocycles. The van der Waals surface area contributed by atoms with Gasteiger partial charge in [0.15, 0.2) is 0 Å². The van der Waals surface area contributed by atoms with Crippen LogP contribution in [0.5, 0.6) is 0 Å². The van der Waals surface area contributed by atoms with E-state index in [4.69, 9.17) is 0 Å². The highest BCUT2D eigenvalue weighted by molar-refractivity contribution is 6.10. The number of nitrogens with one attached hydrogen (secondary N) is 2. The van der Waals surface area contributed by atoms with Gasteiger partial charge in [0, 0.05) is 38.0 Å². The first-order valence-electron chi connectivity index (χ1n) is 10.8. The van der Waals surface area contributed by atoms with E-state index in [-0.39, 0.29) is 5.41 Å². The first-order chi connectivity index (χ1) is 14.9. The van der Waals surface area contributed by atoms with Crippen LogP contribution in [0.4, 0.5) is 0 Å². The molecular formula is C28H22N2. The number of aromatic amines is 2. The number of benzene rings is 4. The van der Waals surface area contributed by atoms with Gasteiger partial charge in [0.05, 0.1) is 11.0 Å². The summed E-state index contributed by atoms with van der Waals surface area (Å²) in [5, 5.41) is 5.29. The van der Waals surface area contributed by atoms with Crippen molar-refractivity contribution < 1.29 is 0 Å². The van der Waals surface area contributed by atoms with Crippen LogP contribution < -0.4 is 0 Å². The molecule has 1 aliphatic rings. The Bertz CT molecular complexity index is 1460. The second-order valence-corrected chi connectivity index (χ2v) is 8.73. The summed E-state index contributed by atoms with van der Waals surface area (Å²) in [4.78, 5) is 7.51. The number of hydrogen-bond donors (Lipinski definition) is 2. The predicted molar refractivity (Wildman–Crippen MR) is 126 cm³/mol. The standard InChI is InChI=1S/C28H22N2/c1-3-14-24-18(8-1)20-10-5-12-22(26(20)29-24)28(16-7-17-28)23-13-6-11-21-19-9-2-4-15-25(19)30-27(21)23/h1-6,8-15,29-30H,7,16-17H2. The minimum atomic E-state index is 0.0563. The Balaban J connectivity index is 1.56. The fourth-order valence-corrected chi connectivity index (χ4v) is 5.76. The summed E-state index contributed by atoms with van der Waals surface area (Å²) < 4.78 is 0. The minimum Gasteiger partial charge on any atom is -0.354 e. The van der Waals surface area contributed by atoms with Gasteiger partial charge in [-0.25, -0.2) is 0 Å². The van der Waals surface area contributed by atoms with Crippen LogP contribution in [-0.4, -0.2) is 9.97 Å². The monoisotopic (exact) mass is 386 g/mol. The number of para-hydroxylation sites is 4. The van der Waals surface area contributed by atoms with Gasteiger partial charge in [0.1, 0.15) is 0 Å². The van der Waals surface area contributed by atoms with Crippen molar-refractivity contribution in [3.05, 3.63) is 96.1 Å². The third-order valence-corrected chi connectivity index (χ3v) is 7.32. The maximum atomic E-state index is 3.75. The van der Waals surface area contributed by atoms with Gasteiger partial charge in [-0.2, -0.15) is 0 Å². The molecule has 2 nitrogen and oxygen atoms in total. The van der Waals surface area contributed by atoms with Gasteiger partial charge < -0.3 is 9.97 Å². The summed E-state index contributed by atoms with van der Waals surface area (Å²) in [5.74, 6) is 0. The molecule has 4 aromatic carbocycles. The average Bonchev–Trinajstić information content (AvgIpc) is 3.32. The lowest BCUT2D eigenvalue weighted by Gasteiger charge is -2.43. The van der Waals surface area contributed by atoms with Crippen molar-refractivity contribution in [2.45, 2.75) is 24.7 Å². The first-order valence-corrected chi connectivity index (χ1v) is 10.8. The molecule has 0 spiro atoms. The molecule has 6 aromatic rings. The molecule has 0 atom stereocenters. The molecule has 0 bridgehead atoms. The van der Waals surface area contributed by atoms with Crippen molar-refractivity contribution in [2.75, 3.05) is 0 Å². The number of aromatic nitrogens is 2. The smallest absolute Gasteiger partial charge is 0.0506 e. The lowest BCUT2D eigenvalue weighted by molar-refractivity contribution is 0.305. The van der Waals surface area contributed by atoms with Crippen LogP contribution in [-0.2, 0) is 5.41 Å². The van der Waals surface area contributed by atoms with Crippen LogP contribution >= 0.6 is 0 Å². The summed E-state index contributed by atoms with van der Waals surface area (Å²) in [6.45, 7) is 0. The Hall–Kier alpha value is -3.52. The molecule has 2 aromatic heterocycles. The SMILES string of the molecule is c1ccc2c(c1)[nH]c1c(C3(c4cccc5c4[nH]c4ccccc45)CCC3)cccc12. The summed E-state index contributed by atoms with van der Waals surface area (Å²) in [7, 11) is 0. The second kappa shape index (κ2) is 5.76. The molecule has 0 aliphatic heterocycles. The number of rotatable bonds is 2. The summed E-state index contributed by atoms with van der Waals surface area (Å²) in [5.41, 5.74) is 7.97. The van der Waals surface area contributed by atoms with Gasteiger partial charge in [-0.1, -0.05) is 79.2 Å². The van der Waals surface area contributed by atoms with Crippen LogP contribution in [0.25, 0.3) is 43.6 Å². The maximum absolute atomic E-state index is 3.75. The Labute approximate surface area is 174 Å². The van der Waals surface area contributed by atoms with Gasteiger partial charge in [0.25, 0.3) is 0 Å². The number of fused-ring (bicyclic) bond motifs is 6. The van der Waals surface area contributed by atoms with Crippen LogP contribution in [0.3, 0.4) is 0 Å². The van der Waals surface area contributed by atoms with Gasteiger partial charge in [0.2, 0.25) is 0 Å². The number of hydrogen-bond acceptors (Lipinski definition) is 0. The van der Waals surface area contributed by atoms with Crippen LogP contribution in [0.2, 0.25) is 0 Å². The quantitative estimate of drug-likeness (QED) is 0.310. The zero-order valence-corrected chi connectivity index (χ0v) is 16.7. The molecular weight excluding hydrogens is 364 g/mol. The third-order valence-electron chi connectivity index (χ3n) is 7.32. The molecule has 2 N–H and O–H groups in total. The van der Waals surface area contributed by atoms with Crippen molar-refractivity contribution >= 4 is 43.6 Å². The second-order valence-electron chi connectivity index (χ2n) is 8.73. The third kappa shape index (κ3) is 1.98. The van der Waals surface area contributed by atoms with Crippen molar-refractivity contribution in [1.82, 2.24) is 9.97 Å². The molecule has 0 radical (unpaired) electrons. The van der Waals surface area contributed by atoms with Crippen molar-refractivity contribution in [1.29, 1.82) is 0 Å². The topological polar surface area (TPSA) is 31.6 Å². The van der Waals surface area contributed by atoms with Crippen LogP contribution in [0.15, 0.2) is 84.9 Å². The highest BCUT2D eigenvalue weighted by Crippen LogP contribution is 2.53. The molecule has 1 saturated carbocycles. The van der Waals surface area contributed by atoms with E-state index in [9.17, 15) is 0 Å². The van der Waals surface area contributed by atoms with E-state index < -0.39 is 0 Å². The molecule has 2 heteroatoms. The van der Waals surface area contributed by atoms with Crippen molar-refractivity contribution in [3.63, 3.8) is 0 Å². The predicted octanol–water partition coefficient (Wildman–Crippen LogP) is 7.43. The molecule has 0 amide bonds. The zero-order valence-electron chi connectivity index (χ0n) is 16.7. The zero-order chi connectivity index (χ0) is 19.7. The van der Waals surface area contributed by atoms with Gasteiger partial charge in [-0.15, -0.1) is 0 Å². The first kappa shape index (κ1) is 16.3. The highest BCUT2D eigenvalue weighted by Gasteiger charge is 2.43. The van der Waals surface area contributed by atoms with E-state index in [0.29, 0.717) is 0 Å². The maximum Gasteiger partial charge on any atom is 0.0506 e. The van der Waals surface area contributed by atoms with Gasteiger partial charge in [-0.05, 0) is 36.1 Å². The Morgan fingerprint density at radius 1 is 0.500 bits per heavy atom. The van der Waals surface area contributed by atoms with E-state index in [1.165, 1.54) is 74.0 Å². The van der Waals surface area contributed by atoms with E-state index in [0.717, 1.165) is 0 Å². The van der Waals surface area contributed by atoms with E-state index in [2.05, 4.69) is 94.9 Å². The molecule has 7 rings (SSSR count). The normalized spacial score (nSPS) is 15.9. The number of H-pyrrole nitrogens is 2. The Kier molecular flexibility index (Phi) is 3.13. The van der Waals surface area contributed by atoms with E-state index in [1.807, 2.05) is 0 Å². The van der Waals surface area contributed by atoms with E-state index >= 15 is 0 Å². The molecule has 2 heterocycles. The van der Waals surface area contributed by atoms with E-state index in [1.54, 1.807) is 0 Å². The largest absolute Gasteiger partial charge is 0.354 e. The van der Waals surface area contributed by atoms with Gasteiger partial charge in [-0.3, -0.25) is 0 Å². The molecule has 1 fully saturated rings. The molecule has 30 heavy (non-hydrogen) atoms. The fourth-order valence-electron chi connectivity index (χ4n) is 5.76. The lowest BCUT2D eigenvalue weighted by Crippen LogP contribution is -2.36. The van der Waals surface area contributed by atoms with Crippen LogP contribution in [0, 0.1) is 0 Å². The van der Waals surface area contributed by atoms with Crippen molar-refractivity contribution in [2.24, 2.45) is 0 Å². The summed E-state index contributed by atoms with van der Waals surface area (Å²) in [6, 6.07) is 31.0. The molecule has 1 aliphatic carbocycles. The Morgan fingerprint density at radius 2 is 0.967 bits per heavy atom. The average molecular weight is 386 g/mol. The molecule has 0 unspecified atom stereocenters. The lowest BCUT2D eigenvalue weighted by atomic mass is 9.60. The summed E-state index contributed by atoms with van der Waals surface area (Å²) in [6.07, 6.45) is 3.65. The fraction of sp³-hybridized carbons (Fsp3) is 0.143. The molecule has 144 valence electrons. The highest BCUT2D eigenvalue weighted by atomic mass is 14.7. The van der Waals surface area contributed by atoms with Crippen LogP contribution in [0.1, 0.15) is 30.4 Å². The van der Waals surface area contributed by atoms with Crippen molar-refractivity contribution in [3.8, 4) is 0 Å². The van der Waals surface area contributed by atoms with Gasteiger partial charge >= 0.3 is 0 Å².